The van der Waals surface area contributed by atoms with Crippen molar-refractivity contribution in [1.29, 1.82) is 0 Å². The van der Waals surface area contributed by atoms with Gasteiger partial charge in [0.25, 0.3) is 5.91 Å². The maximum Gasteiger partial charge on any atom is 0.265 e. The predicted octanol–water partition coefficient (Wildman–Crippen LogP) is 5.83. The Kier molecular flexibility index (Phi) is 9.13. The van der Waals surface area contributed by atoms with Crippen LogP contribution in [-0.2, 0) is 6.54 Å². The van der Waals surface area contributed by atoms with Gasteiger partial charge in [-0.1, -0.05) is 43.1 Å². The molecule has 3 aromatic rings. The molecular weight excluding hydrogens is 490 g/mol. The lowest BCUT2D eigenvalue weighted by atomic mass is 10.2. The topological polar surface area (TPSA) is 85.4 Å². The molecule has 0 spiro atoms. The Morgan fingerprint density at radius 1 is 1.18 bits per heavy atom. The molecule has 0 saturated heterocycles. The van der Waals surface area contributed by atoms with E-state index in [0.717, 1.165) is 23.9 Å². The van der Waals surface area contributed by atoms with Crippen molar-refractivity contribution in [3.05, 3.63) is 75.9 Å². The number of amides is 1. The monoisotopic (exact) mass is 510 g/mol. The number of ether oxygens (including phenoxy) is 2. The van der Waals surface area contributed by atoms with Crippen LogP contribution in [0.15, 0.2) is 48.8 Å². The van der Waals surface area contributed by atoms with Gasteiger partial charge in [-0.15, -0.1) is 0 Å². The summed E-state index contributed by atoms with van der Waals surface area (Å²) in [6.07, 6.45) is 3.06. The molecule has 1 amide bonds. The standard InChI is InChI=1S/C22H21Cl2FN4O3S/c1-13(2)12-31-22-18(24)7-15(11-27-22)32-20-9-19(25)16(8-17(20)23)21(30)29-33-28-10-14-5-3-4-6-26-14/h3-9,11,13,28H,10,12H2,1-2H3,(H,29,30). The molecular formula is C22H21Cl2FN4O3S. The fourth-order valence-electron chi connectivity index (χ4n) is 2.47. The Balaban J connectivity index is 1.60. The minimum absolute atomic E-state index is 0.0142. The summed E-state index contributed by atoms with van der Waals surface area (Å²) in [4.78, 5) is 20.6. The average molecular weight is 511 g/mol. The van der Waals surface area contributed by atoms with Gasteiger partial charge in [0.05, 0.1) is 29.1 Å². The third-order valence-corrected chi connectivity index (χ3v) is 5.17. The van der Waals surface area contributed by atoms with Gasteiger partial charge in [-0.05, 0) is 24.1 Å². The van der Waals surface area contributed by atoms with Crippen LogP contribution in [0.4, 0.5) is 4.39 Å². The first-order chi connectivity index (χ1) is 15.8. The van der Waals surface area contributed by atoms with Crippen LogP contribution in [-0.4, -0.2) is 22.5 Å². The van der Waals surface area contributed by atoms with Crippen LogP contribution in [0.5, 0.6) is 17.4 Å². The maximum absolute atomic E-state index is 14.6. The maximum atomic E-state index is 14.6. The highest BCUT2D eigenvalue weighted by Gasteiger charge is 2.17. The number of pyridine rings is 2. The molecule has 0 unspecified atom stereocenters. The molecule has 11 heteroatoms. The summed E-state index contributed by atoms with van der Waals surface area (Å²) in [7, 11) is 0. The van der Waals surface area contributed by atoms with E-state index in [2.05, 4.69) is 19.4 Å². The minimum atomic E-state index is -0.798. The Labute approximate surface area is 205 Å². The van der Waals surface area contributed by atoms with Crippen molar-refractivity contribution in [2.24, 2.45) is 5.92 Å². The molecule has 0 aliphatic heterocycles. The Hall–Kier alpha value is -2.59. The van der Waals surface area contributed by atoms with Crippen LogP contribution < -0.4 is 18.9 Å². The normalized spacial score (nSPS) is 10.8. The lowest BCUT2D eigenvalue weighted by molar-refractivity contribution is 0.0980. The molecule has 0 fully saturated rings. The number of halogens is 3. The molecule has 0 aliphatic carbocycles. The highest BCUT2D eigenvalue weighted by molar-refractivity contribution is 7.96. The second-order valence-electron chi connectivity index (χ2n) is 7.20. The Morgan fingerprint density at radius 2 is 2.00 bits per heavy atom. The number of aromatic nitrogens is 2. The number of nitrogens with one attached hydrogen (secondary N) is 2. The van der Waals surface area contributed by atoms with E-state index in [4.69, 9.17) is 32.7 Å². The molecule has 174 valence electrons. The van der Waals surface area contributed by atoms with E-state index >= 15 is 0 Å². The van der Waals surface area contributed by atoms with Gasteiger partial charge in [-0.2, -0.15) is 0 Å². The SMILES string of the molecule is CC(C)COc1ncc(Oc2cc(F)c(C(=O)NSNCc3ccccn3)cc2Cl)cc1Cl. The highest BCUT2D eigenvalue weighted by Crippen LogP contribution is 2.34. The molecule has 2 N–H and O–H groups in total. The van der Waals surface area contributed by atoms with Gasteiger partial charge in [0.2, 0.25) is 5.88 Å². The zero-order valence-corrected chi connectivity index (χ0v) is 20.1. The first-order valence-electron chi connectivity index (χ1n) is 9.87. The summed E-state index contributed by atoms with van der Waals surface area (Å²) in [5.74, 6) is -0.614. The average Bonchev–Trinajstić information content (AvgIpc) is 2.79. The molecule has 0 aliphatic rings. The molecule has 2 aromatic heterocycles. The second kappa shape index (κ2) is 12.0. The molecule has 0 radical (unpaired) electrons. The molecule has 33 heavy (non-hydrogen) atoms. The summed E-state index contributed by atoms with van der Waals surface area (Å²) < 4.78 is 31.1. The molecule has 7 nitrogen and oxygen atoms in total. The fraction of sp³-hybridized carbons (Fsp3) is 0.227. The second-order valence-corrected chi connectivity index (χ2v) is 8.71. The number of carbonyl (C=O) groups excluding carboxylic acids is 1. The van der Waals surface area contributed by atoms with Crippen LogP contribution in [0, 0.1) is 11.7 Å². The van der Waals surface area contributed by atoms with Crippen molar-refractivity contribution in [3.63, 3.8) is 0 Å². The summed E-state index contributed by atoms with van der Waals surface area (Å²) in [5, 5.41) is 0.292. The number of hydrogen-bond acceptors (Lipinski definition) is 7. The first kappa shape index (κ1) is 25.0. The summed E-state index contributed by atoms with van der Waals surface area (Å²) in [6.45, 7) is 4.89. The Morgan fingerprint density at radius 3 is 2.70 bits per heavy atom. The van der Waals surface area contributed by atoms with Crippen molar-refractivity contribution >= 4 is 41.2 Å². The molecule has 2 heterocycles. The van der Waals surface area contributed by atoms with E-state index in [9.17, 15) is 9.18 Å². The van der Waals surface area contributed by atoms with Gasteiger partial charge >= 0.3 is 0 Å². The van der Waals surface area contributed by atoms with Gasteiger partial charge in [0.15, 0.2) is 0 Å². The van der Waals surface area contributed by atoms with E-state index in [1.54, 1.807) is 12.3 Å². The van der Waals surface area contributed by atoms with E-state index in [-0.39, 0.29) is 33.0 Å². The molecule has 0 saturated carbocycles. The van der Waals surface area contributed by atoms with Crippen molar-refractivity contribution in [3.8, 4) is 17.4 Å². The van der Waals surface area contributed by atoms with Crippen molar-refractivity contribution in [1.82, 2.24) is 19.4 Å². The van der Waals surface area contributed by atoms with Gasteiger partial charge in [-0.3, -0.25) is 14.5 Å². The predicted molar refractivity (Wildman–Crippen MR) is 127 cm³/mol. The number of benzene rings is 1. The summed E-state index contributed by atoms with van der Waals surface area (Å²) in [5.41, 5.74) is 0.567. The third-order valence-electron chi connectivity index (χ3n) is 4.03. The minimum Gasteiger partial charge on any atom is -0.476 e. The smallest absolute Gasteiger partial charge is 0.265 e. The van der Waals surface area contributed by atoms with E-state index in [1.807, 2.05) is 26.0 Å². The van der Waals surface area contributed by atoms with E-state index in [1.165, 1.54) is 18.3 Å². The largest absolute Gasteiger partial charge is 0.476 e. The number of nitrogens with zero attached hydrogens (tertiary/aromatic N) is 2. The van der Waals surface area contributed by atoms with Crippen molar-refractivity contribution in [2.75, 3.05) is 6.61 Å². The highest BCUT2D eigenvalue weighted by atomic mass is 35.5. The van der Waals surface area contributed by atoms with Crippen LogP contribution >= 0.6 is 35.3 Å². The van der Waals surface area contributed by atoms with Crippen LogP contribution in [0.3, 0.4) is 0 Å². The third kappa shape index (κ3) is 7.46. The van der Waals surface area contributed by atoms with Gasteiger partial charge in [0.1, 0.15) is 22.3 Å². The molecule has 3 rings (SSSR count). The first-order valence-corrected chi connectivity index (χ1v) is 11.4. The molecule has 0 bridgehead atoms. The zero-order valence-electron chi connectivity index (χ0n) is 17.8. The van der Waals surface area contributed by atoms with Gasteiger partial charge in [0, 0.05) is 37.0 Å². The van der Waals surface area contributed by atoms with E-state index in [0.29, 0.717) is 19.1 Å². The van der Waals surface area contributed by atoms with Crippen LogP contribution in [0.2, 0.25) is 10.0 Å². The van der Waals surface area contributed by atoms with Crippen molar-refractivity contribution < 1.29 is 18.7 Å². The van der Waals surface area contributed by atoms with Gasteiger partial charge in [-0.25, -0.2) is 14.1 Å². The van der Waals surface area contributed by atoms with Crippen LogP contribution in [0.1, 0.15) is 29.9 Å². The fourth-order valence-corrected chi connectivity index (χ4v) is 3.38. The number of rotatable bonds is 10. The summed E-state index contributed by atoms with van der Waals surface area (Å²) in [6, 6.07) is 9.20. The van der Waals surface area contributed by atoms with Crippen molar-refractivity contribution in [2.45, 2.75) is 20.4 Å². The zero-order chi connectivity index (χ0) is 23.8. The van der Waals surface area contributed by atoms with Gasteiger partial charge < -0.3 is 9.47 Å². The molecule has 0 atom stereocenters. The Bertz CT molecular complexity index is 1110. The quantitative estimate of drug-likeness (QED) is 0.262. The summed E-state index contributed by atoms with van der Waals surface area (Å²) >= 11 is 13.3. The lowest BCUT2D eigenvalue weighted by Crippen LogP contribution is -2.22. The van der Waals surface area contributed by atoms with E-state index < -0.39 is 11.7 Å². The number of hydrogen-bond donors (Lipinski definition) is 2. The molecule has 1 aromatic carbocycles. The number of carbonyl (C=O) groups is 1. The lowest BCUT2D eigenvalue weighted by Gasteiger charge is -2.12. The van der Waals surface area contributed by atoms with Crippen LogP contribution in [0.25, 0.3) is 0 Å².